The fourth-order valence-electron chi connectivity index (χ4n) is 1.86. The first-order chi connectivity index (χ1) is 10.2. The summed E-state index contributed by atoms with van der Waals surface area (Å²) in [4.78, 5) is 11.6. The van der Waals surface area contributed by atoms with Crippen LogP contribution < -0.4 is 20.1 Å². The molecule has 2 aromatic rings. The van der Waals surface area contributed by atoms with Crippen molar-refractivity contribution in [3.63, 3.8) is 0 Å². The summed E-state index contributed by atoms with van der Waals surface area (Å²) in [5.41, 5.74) is 1.05. The largest absolute Gasteiger partial charge is 0.493 e. The number of amides is 2. The Balaban J connectivity index is 1.81. The lowest BCUT2D eigenvalue weighted by Crippen LogP contribution is -2.30. The molecule has 0 radical (unpaired) electrons. The van der Waals surface area contributed by atoms with E-state index in [1.165, 1.54) is 6.26 Å². The maximum atomic E-state index is 11.6. The van der Waals surface area contributed by atoms with Crippen molar-refractivity contribution in [3.8, 4) is 11.5 Å². The average molecular weight is 290 g/mol. The summed E-state index contributed by atoms with van der Waals surface area (Å²) in [7, 11) is 3.19. The third-order valence-electron chi connectivity index (χ3n) is 2.91. The molecule has 1 aromatic carbocycles. The number of methoxy groups -OCH3 is 2. The third-order valence-corrected chi connectivity index (χ3v) is 2.91. The van der Waals surface area contributed by atoms with Crippen LogP contribution in [0.3, 0.4) is 0 Å². The molecule has 6 heteroatoms. The van der Waals surface area contributed by atoms with E-state index in [4.69, 9.17) is 13.9 Å². The number of urea groups is 1. The molecule has 0 aliphatic carbocycles. The number of ether oxygens (including phenoxy) is 2. The van der Waals surface area contributed by atoms with E-state index in [0.29, 0.717) is 30.3 Å². The van der Waals surface area contributed by atoms with Gasteiger partial charge in [0.1, 0.15) is 0 Å². The molecule has 6 nitrogen and oxygen atoms in total. The number of nitrogens with one attached hydrogen (secondary N) is 2. The van der Waals surface area contributed by atoms with E-state index in [1.54, 1.807) is 26.4 Å². The van der Waals surface area contributed by atoms with Crippen molar-refractivity contribution in [2.45, 2.75) is 6.42 Å². The molecule has 21 heavy (non-hydrogen) atoms. The molecular formula is C15H18N2O4. The molecule has 0 atom stereocenters. The number of carbonyl (C=O) groups is 1. The summed E-state index contributed by atoms with van der Waals surface area (Å²) < 4.78 is 15.4. The highest BCUT2D eigenvalue weighted by Gasteiger charge is 2.06. The molecule has 2 amide bonds. The predicted molar refractivity (Wildman–Crippen MR) is 79.0 cm³/mol. The quantitative estimate of drug-likeness (QED) is 0.858. The van der Waals surface area contributed by atoms with Crippen molar-refractivity contribution in [2.75, 3.05) is 26.1 Å². The van der Waals surface area contributed by atoms with Gasteiger partial charge in [-0.05, 0) is 30.2 Å². The second-order valence-electron chi connectivity index (χ2n) is 4.30. The van der Waals surface area contributed by atoms with Crippen LogP contribution in [0.25, 0.3) is 0 Å². The number of furan rings is 1. The molecule has 0 unspecified atom stereocenters. The lowest BCUT2D eigenvalue weighted by molar-refractivity contribution is 0.251. The molecule has 2 N–H and O–H groups in total. The molecule has 0 aliphatic rings. The lowest BCUT2D eigenvalue weighted by atomic mass is 10.1. The average Bonchev–Trinajstić information content (AvgIpc) is 2.99. The molecule has 2 rings (SSSR count). The van der Waals surface area contributed by atoms with Crippen molar-refractivity contribution < 1.29 is 18.7 Å². The monoisotopic (exact) mass is 290 g/mol. The second-order valence-corrected chi connectivity index (χ2v) is 4.30. The predicted octanol–water partition coefficient (Wildman–Crippen LogP) is 2.66. The number of hydrogen-bond acceptors (Lipinski definition) is 4. The van der Waals surface area contributed by atoms with Gasteiger partial charge in [-0.25, -0.2) is 4.79 Å². The van der Waals surface area contributed by atoms with Crippen LogP contribution in [-0.4, -0.2) is 26.8 Å². The highest BCUT2D eigenvalue weighted by atomic mass is 16.5. The Morgan fingerprint density at radius 1 is 1.19 bits per heavy atom. The number of carbonyl (C=O) groups excluding carboxylic acids is 1. The number of benzene rings is 1. The van der Waals surface area contributed by atoms with Crippen molar-refractivity contribution in [1.82, 2.24) is 5.32 Å². The van der Waals surface area contributed by atoms with E-state index >= 15 is 0 Å². The summed E-state index contributed by atoms with van der Waals surface area (Å²) in [5.74, 6) is 1.78. The van der Waals surface area contributed by atoms with Crippen LogP contribution in [0.5, 0.6) is 11.5 Å². The zero-order chi connectivity index (χ0) is 15.1. The standard InChI is InChI=1S/C15H18N2O4/c1-19-12-6-5-11(10-13(12)20-2)7-8-16-15(18)17-14-4-3-9-21-14/h3-6,9-10H,7-8H2,1-2H3,(H2,16,17,18). The van der Waals surface area contributed by atoms with Gasteiger partial charge >= 0.3 is 6.03 Å². The molecule has 112 valence electrons. The van der Waals surface area contributed by atoms with Crippen molar-refractivity contribution >= 4 is 11.9 Å². The molecule has 0 saturated carbocycles. The van der Waals surface area contributed by atoms with Gasteiger partial charge in [-0.2, -0.15) is 0 Å². The van der Waals surface area contributed by atoms with Crippen LogP contribution in [0, 0.1) is 0 Å². The van der Waals surface area contributed by atoms with Gasteiger partial charge in [0.15, 0.2) is 11.5 Å². The molecule has 0 aliphatic heterocycles. The van der Waals surface area contributed by atoms with Crippen LogP contribution in [-0.2, 0) is 6.42 Å². The van der Waals surface area contributed by atoms with Crippen molar-refractivity contribution in [1.29, 1.82) is 0 Å². The minimum atomic E-state index is -0.301. The highest BCUT2D eigenvalue weighted by molar-refractivity contribution is 5.87. The van der Waals surface area contributed by atoms with Crippen LogP contribution in [0.2, 0.25) is 0 Å². The number of rotatable bonds is 6. The van der Waals surface area contributed by atoms with Gasteiger partial charge in [-0.15, -0.1) is 0 Å². The van der Waals surface area contributed by atoms with Crippen LogP contribution >= 0.6 is 0 Å². The topological polar surface area (TPSA) is 72.7 Å². The highest BCUT2D eigenvalue weighted by Crippen LogP contribution is 2.27. The smallest absolute Gasteiger partial charge is 0.321 e. The zero-order valence-corrected chi connectivity index (χ0v) is 12.0. The number of hydrogen-bond donors (Lipinski definition) is 2. The molecule has 1 heterocycles. The van der Waals surface area contributed by atoms with E-state index in [9.17, 15) is 4.79 Å². The van der Waals surface area contributed by atoms with Crippen molar-refractivity contribution in [2.24, 2.45) is 0 Å². The fourth-order valence-corrected chi connectivity index (χ4v) is 1.86. The van der Waals surface area contributed by atoms with Crippen molar-refractivity contribution in [3.05, 3.63) is 42.2 Å². The Hall–Kier alpha value is -2.63. The molecule has 0 bridgehead atoms. The Kier molecular flexibility index (Phi) is 5.09. The first-order valence-corrected chi connectivity index (χ1v) is 6.52. The summed E-state index contributed by atoms with van der Waals surface area (Å²) in [5, 5.41) is 5.34. The Morgan fingerprint density at radius 3 is 2.67 bits per heavy atom. The SMILES string of the molecule is COc1ccc(CCNC(=O)Nc2ccco2)cc1OC. The molecule has 0 fully saturated rings. The maximum absolute atomic E-state index is 11.6. The second kappa shape index (κ2) is 7.23. The minimum Gasteiger partial charge on any atom is -0.493 e. The van der Waals surface area contributed by atoms with Gasteiger partial charge in [0.2, 0.25) is 5.88 Å². The first kappa shape index (κ1) is 14.8. The normalized spacial score (nSPS) is 10.0. The maximum Gasteiger partial charge on any atom is 0.321 e. The minimum absolute atomic E-state index is 0.301. The summed E-state index contributed by atoms with van der Waals surface area (Å²) in [6, 6.07) is 8.76. The fraction of sp³-hybridized carbons (Fsp3) is 0.267. The van der Waals surface area contributed by atoms with Gasteiger partial charge in [-0.1, -0.05) is 6.07 Å². The van der Waals surface area contributed by atoms with Gasteiger partial charge in [0.25, 0.3) is 0 Å². The molecule has 1 aromatic heterocycles. The van der Waals surface area contributed by atoms with E-state index in [2.05, 4.69) is 10.6 Å². The van der Waals surface area contributed by atoms with Crippen LogP contribution in [0.1, 0.15) is 5.56 Å². The van der Waals surface area contributed by atoms with Crippen LogP contribution in [0.4, 0.5) is 10.7 Å². The lowest BCUT2D eigenvalue weighted by Gasteiger charge is -2.10. The third kappa shape index (κ3) is 4.17. The van der Waals surface area contributed by atoms with Gasteiger partial charge in [-0.3, -0.25) is 5.32 Å². The van der Waals surface area contributed by atoms with E-state index < -0.39 is 0 Å². The Morgan fingerprint density at radius 2 is 2.00 bits per heavy atom. The Labute approximate surface area is 123 Å². The van der Waals surface area contributed by atoms with Crippen LogP contribution in [0.15, 0.2) is 41.0 Å². The molecular weight excluding hydrogens is 272 g/mol. The molecule has 0 spiro atoms. The van der Waals surface area contributed by atoms with E-state index in [0.717, 1.165) is 5.56 Å². The summed E-state index contributed by atoms with van der Waals surface area (Å²) >= 11 is 0. The molecule has 0 saturated heterocycles. The Bertz CT molecular complexity index is 581. The van der Waals surface area contributed by atoms with E-state index in [1.807, 2.05) is 18.2 Å². The summed E-state index contributed by atoms with van der Waals surface area (Å²) in [6.07, 6.45) is 2.19. The van der Waals surface area contributed by atoms with Gasteiger partial charge in [0, 0.05) is 12.6 Å². The van der Waals surface area contributed by atoms with E-state index in [-0.39, 0.29) is 6.03 Å². The number of anilines is 1. The van der Waals surface area contributed by atoms with Gasteiger partial charge in [0.05, 0.1) is 20.5 Å². The zero-order valence-electron chi connectivity index (χ0n) is 12.0. The van der Waals surface area contributed by atoms with Gasteiger partial charge < -0.3 is 19.2 Å². The summed E-state index contributed by atoms with van der Waals surface area (Å²) in [6.45, 7) is 0.502. The first-order valence-electron chi connectivity index (χ1n) is 6.52.